The fourth-order valence-electron chi connectivity index (χ4n) is 2.14. The number of hydrogen-bond donors (Lipinski definition) is 0. The lowest BCUT2D eigenvalue weighted by Crippen LogP contribution is -2.15. The van der Waals surface area contributed by atoms with Crippen LogP contribution >= 0.6 is 0 Å². The smallest absolute Gasteiger partial charge is 0.293 e. The third kappa shape index (κ3) is 2.08. The Bertz CT molecular complexity index is 662. The van der Waals surface area contributed by atoms with Crippen LogP contribution in [0.2, 0.25) is 0 Å². The summed E-state index contributed by atoms with van der Waals surface area (Å²) in [6, 6.07) is 16.6. The van der Waals surface area contributed by atoms with E-state index < -0.39 is 0 Å². The molecule has 3 rings (SSSR count). The van der Waals surface area contributed by atoms with Crippen LogP contribution in [-0.2, 0) is 6.42 Å². The maximum absolute atomic E-state index is 11.2. The standard InChI is InChI=1S/C15H11NO3/c17-16(18)13-10-12-8-4-5-9-14(12)19-15(13)11-6-2-1-3-7-11/h1-9H,10H2. The normalized spacial score (nSPS) is 13.7. The van der Waals surface area contributed by atoms with Crippen molar-refractivity contribution >= 4 is 5.76 Å². The molecule has 0 bridgehead atoms. The minimum atomic E-state index is -0.363. The van der Waals surface area contributed by atoms with Gasteiger partial charge in [-0.3, -0.25) is 10.1 Å². The molecule has 0 saturated carbocycles. The topological polar surface area (TPSA) is 52.4 Å². The first-order chi connectivity index (χ1) is 9.25. The average Bonchev–Trinajstić information content (AvgIpc) is 2.46. The summed E-state index contributed by atoms with van der Waals surface area (Å²) >= 11 is 0. The molecular weight excluding hydrogens is 242 g/mol. The van der Waals surface area contributed by atoms with Gasteiger partial charge in [-0.2, -0.15) is 0 Å². The molecule has 0 unspecified atom stereocenters. The summed E-state index contributed by atoms with van der Waals surface area (Å²) < 4.78 is 5.73. The van der Waals surface area contributed by atoms with Crippen LogP contribution in [0.3, 0.4) is 0 Å². The van der Waals surface area contributed by atoms with Gasteiger partial charge in [0.05, 0.1) is 11.3 Å². The van der Waals surface area contributed by atoms with Crippen LogP contribution in [0, 0.1) is 10.1 Å². The van der Waals surface area contributed by atoms with E-state index in [0.29, 0.717) is 11.5 Å². The molecule has 0 aromatic heterocycles. The van der Waals surface area contributed by atoms with E-state index in [1.54, 1.807) is 0 Å². The minimum absolute atomic E-state index is 0.102. The number of nitro groups is 1. The Balaban J connectivity index is 2.12. The van der Waals surface area contributed by atoms with Crippen molar-refractivity contribution in [3.63, 3.8) is 0 Å². The predicted molar refractivity (Wildman–Crippen MR) is 71.1 cm³/mol. The summed E-state index contributed by atoms with van der Waals surface area (Å²) in [5, 5.41) is 11.2. The minimum Gasteiger partial charge on any atom is -0.450 e. The van der Waals surface area contributed by atoms with Crippen molar-refractivity contribution in [2.24, 2.45) is 0 Å². The molecular formula is C15H11NO3. The molecule has 0 N–H and O–H groups in total. The average molecular weight is 253 g/mol. The lowest BCUT2D eigenvalue weighted by atomic mass is 10.0. The molecule has 2 aromatic rings. The fraction of sp³-hybridized carbons (Fsp3) is 0.0667. The van der Waals surface area contributed by atoms with E-state index in [9.17, 15) is 10.1 Å². The molecule has 4 nitrogen and oxygen atoms in total. The number of allylic oxidation sites excluding steroid dienone is 1. The van der Waals surface area contributed by atoms with Gasteiger partial charge >= 0.3 is 0 Å². The lowest BCUT2D eigenvalue weighted by Gasteiger charge is -2.18. The van der Waals surface area contributed by atoms with Gasteiger partial charge in [0.15, 0.2) is 0 Å². The summed E-state index contributed by atoms with van der Waals surface area (Å²) in [5.74, 6) is 1.02. The molecule has 0 radical (unpaired) electrons. The van der Waals surface area contributed by atoms with Gasteiger partial charge < -0.3 is 4.74 Å². The molecule has 19 heavy (non-hydrogen) atoms. The van der Waals surface area contributed by atoms with Gasteiger partial charge in [-0.25, -0.2) is 0 Å². The summed E-state index contributed by atoms with van der Waals surface area (Å²) in [4.78, 5) is 10.9. The predicted octanol–water partition coefficient (Wildman–Crippen LogP) is 3.27. The largest absolute Gasteiger partial charge is 0.450 e. The number of rotatable bonds is 2. The number of para-hydroxylation sites is 1. The molecule has 0 spiro atoms. The number of ether oxygens (including phenoxy) is 1. The van der Waals surface area contributed by atoms with Gasteiger partial charge in [-0.05, 0) is 6.07 Å². The van der Waals surface area contributed by atoms with Crippen LogP contribution in [0.25, 0.3) is 5.76 Å². The molecule has 94 valence electrons. The number of hydrogen-bond acceptors (Lipinski definition) is 3. The first kappa shape index (κ1) is 11.5. The zero-order chi connectivity index (χ0) is 13.2. The van der Waals surface area contributed by atoms with Crippen molar-refractivity contribution in [2.75, 3.05) is 0 Å². The maximum Gasteiger partial charge on any atom is 0.293 e. The third-order valence-corrected chi connectivity index (χ3v) is 3.06. The van der Waals surface area contributed by atoms with Gasteiger partial charge in [0.1, 0.15) is 5.75 Å². The van der Waals surface area contributed by atoms with Crippen molar-refractivity contribution in [3.8, 4) is 5.75 Å². The SMILES string of the molecule is O=[N+]([O-])C1=C(c2ccccc2)Oc2ccccc2C1. The Hall–Kier alpha value is -2.62. The molecule has 2 aromatic carbocycles. The Morgan fingerprint density at radius 2 is 1.68 bits per heavy atom. The van der Waals surface area contributed by atoms with E-state index in [0.717, 1.165) is 11.1 Å². The lowest BCUT2D eigenvalue weighted by molar-refractivity contribution is -0.427. The summed E-state index contributed by atoms with van der Waals surface area (Å²) in [5.41, 5.74) is 1.67. The van der Waals surface area contributed by atoms with Crippen LogP contribution in [-0.4, -0.2) is 4.92 Å². The first-order valence-corrected chi connectivity index (χ1v) is 5.94. The van der Waals surface area contributed by atoms with Crippen molar-refractivity contribution in [3.05, 3.63) is 81.5 Å². The highest BCUT2D eigenvalue weighted by Crippen LogP contribution is 2.34. The summed E-state index contributed by atoms with van der Waals surface area (Å²) in [6.45, 7) is 0. The summed E-state index contributed by atoms with van der Waals surface area (Å²) in [6.07, 6.45) is 0.285. The zero-order valence-corrected chi connectivity index (χ0v) is 10.1. The second-order valence-electron chi connectivity index (χ2n) is 4.29. The number of benzene rings is 2. The first-order valence-electron chi connectivity index (χ1n) is 5.94. The quantitative estimate of drug-likeness (QED) is 0.609. The zero-order valence-electron chi connectivity index (χ0n) is 10.1. The fourth-order valence-corrected chi connectivity index (χ4v) is 2.14. The van der Waals surface area contributed by atoms with Gasteiger partial charge in [0.25, 0.3) is 5.70 Å². The molecule has 1 heterocycles. The van der Waals surface area contributed by atoms with Gasteiger partial charge in [0.2, 0.25) is 5.76 Å². The monoisotopic (exact) mass is 253 g/mol. The van der Waals surface area contributed by atoms with E-state index in [4.69, 9.17) is 4.74 Å². The van der Waals surface area contributed by atoms with E-state index in [1.807, 2.05) is 54.6 Å². The van der Waals surface area contributed by atoms with Crippen molar-refractivity contribution in [1.82, 2.24) is 0 Å². The Labute approximate surface area is 110 Å². The molecule has 0 saturated heterocycles. The van der Waals surface area contributed by atoms with Crippen LogP contribution in [0.4, 0.5) is 0 Å². The Morgan fingerprint density at radius 1 is 1.00 bits per heavy atom. The Morgan fingerprint density at radius 3 is 2.42 bits per heavy atom. The van der Waals surface area contributed by atoms with Gasteiger partial charge in [-0.15, -0.1) is 0 Å². The highest BCUT2D eigenvalue weighted by molar-refractivity contribution is 5.67. The van der Waals surface area contributed by atoms with Gasteiger partial charge in [-0.1, -0.05) is 48.5 Å². The molecule has 0 aliphatic carbocycles. The van der Waals surface area contributed by atoms with Crippen LogP contribution in [0.1, 0.15) is 11.1 Å². The Kier molecular flexibility index (Phi) is 2.76. The van der Waals surface area contributed by atoms with E-state index in [1.165, 1.54) is 0 Å². The second kappa shape index (κ2) is 4.57. The molecule has 4 heteroatoms. The third-order valence-electron chi connectivity index (χ3n) is 3.06. The maximum atomic E-state index is 11.2. The molecule has 0 fully saturated rings. The van der Waals surface area contributed by atoms with Crippen LogP contribution < -0.4 is 4.74 Å². The summed E-state index contributed by atoms with van der Waals surface area (Å²) in [7, 11) is 0. The van der Waals surface area contributed by atoms with Crippen LogP contribution in [0.5, 0.6) is 5.75 Å². The number of nitrogens with zero attached hydrogens (tertiary/aromatic N) is 1. The van der Waals surface area contributed by atoms with Crippen molar-refractivity contribution < 1.29 is 9.66 Å². The van der Waals surface area contributed by atoms with E-state index in [-0.39, 0.29) is 17.0 Å². The van der Waals surface area contributed by atoms with E-state index >= 15 is 0 Å². The highest BCUT2D eigenvalue weighted by atomic mass is 16.6. The van der Waals surface area contributed by atoms with Gasteiger partial charge in [0, 0.05) is 11.1 Å². The van der Waals surface area contributed by atoms with Crippen molar-refractivity contribution in [2.45, 2.75) is 6.42 Å². The molecule has 1 aliphatic rings. The highest BCUT2D eigenvalue weighted by Gasteiger charge is 2.28. The van der Waals surface area contributed by atoms with Crippen molar-refractivity contribution in [1.29, 1.82) is 0 Å². The molecule has 1 aliphatic heterocycles. The number of fused-ring (bicyclic) bond motifs is 1. The molecule has 0 atom stereocenters. The van der Waals surface area contributed by atoms with E-state index in [2.05, 4.69) is 0 Å². The second-order valence-corrected chi connectivity index (χ2v) is 4.29. The molecule has 0 amide bonds. The van der Waals surface area contributed by atoms with Crippen LogP contribution in [0.15, 0.2) is 60.3 Å².